The molecule has 3 rings (SSSR count). The van der Waals surface area contributed by atoms with Gasteiger partial charge in [-0.3, -0.25) is 4.79 Å². The number of furan rings is 1. The summed E-state index contributed by atoms with van der Waals surface area (Å²) in [5, 5.41) is 9.89. The number of fused-ring (bicyclic) bond motifs is 1. The second-order valence-electron chi connectivity index (χ2n) is 5.88. The van der Waals surface area contributed by atoms with E-state index in [1.54, 1.807) is 12.1 Å². The maximum atomic E-state index is 11.6. The Morgan fingerprint density at radius 1 is 1.09 bits per heavy atom. The van der Waals surface area contributed by atoms with Crippen molar-refractivity contribution >= 4 is 16.8 Å². The van der Waals surface area contributed by atoms with Crippen LogP contribution in [0.2, 0.25) is 0 Å². The van der Waals surface area contributed by atoms with Crippen LogP contribution in [0.5, 0.6) is 0 Å². The van der Waals surface area contributed by atoms with E-state index in [2.05, 4.69) is 17.0 Å². The van der Waals surface area contributed by atoms with Gasteiger partial charge in [-0.1, -0.05) is 36.4 Å². The number of carbonyl (C=O) groups is 1. The van der Waals surface area contributed by atoms with Crippen molar-refractivity contribution in [3.05, 3.63) is 59.7 Å². The van der Waals surface area contributed by atoms with Crippen LogP contribution in [0.1, 0.15) is 15.9 Å². The van der Waals surface area contributed by atoms with Crippen molar-refractivity contribution in [1.29, 1.82) is 0 Å². The highest BCUT2D eigenvalue weighted by molar-refractivity contribution is 6.00. The van der Waals surface area contributed by atoms with Crippen LogP contribution in [-0.4, -0.2) is 36.5 Å². The lowest BCUT2D eigenvalue weighted by Crippen LogP contribution is -2.10. The number of ketones is 1. The van der Waals surface area contributed by atoms with Gasteiger partial charge in [0.15, 0.2) is 5.78 Å². The number of aliphatic hydroxyl groups is 1. The number of Topliss-reactive ketones (excluding diaryl/α,β-unsaturated/α-hetero) is 1. The van der Waals surface area contributed by atoms with Crippen LogP contribution < -0.4 is 0 Å². The molecule has 0 aliphatic carbocycles. The van der Waals surface area contributed by atoms with Crippen molar-refractivity contribution in [2.45, 2.75) is 6.54 Å². The average molecular weight is 309 g/mol. The van der Waals surface area contributed by atoms with E-state index in [1.165, 1.54) is 5.56 Å². The Morgan fingerprint density at radius 3 is 2.48 bits per heavy atom. The topological polar surface area (TPSA) is 53.7 Å². The summed E-state index contributed by atoms with van der Waals surface area (Å²) < 4.78 is 5.87. The highest BCUT2D eigenvalue weighted by Gasteiger charge is 2.10. The Labute approximate surface area is 135 Å². The zero-order valence-corrected chi connectivity index (χ0v) is 13.2. The van der Waals surface area contributed by atoms with Gasteiger partial charge in [-0.2, -0.15) is 0 Å². The van der Waals surface area contributed by atoms with Crippen LogP contribution in [0.25, 0.3) is 22.3 Å². The van der Waals surface area contributed by atoms with E-state index in [9.17, 15) is 4.79 Å². The van der Waals surface area contributed by atoms with Crippen molar-refractivity contribution in [1.82, 2.24) is 4.90 Å². The predicted octanol–water partition coefficient (Wildman–Crippen LogP) is 3.34. The highest BCUT2D eigenvalue weighted by atomic mass is 16.3. The summed E-state index contributed by atoms with van der Waals surface area (Å²) in [5.41, 5.74) is 3.35. The molecule has 0 spiro atoms. The zero-order chi connectivity index (χ0) is 16.4. The van der Waals surface area contributed by atoms with E-state index in [4.69, 9.17) is 9.52 Å². The molecule has 1 aromatic heterocycles. The van der Waals surface area contributed by atoms with Gasteiger partial charge in [-0.05, 0) is 31.8 Å². The minimum atomic E-state index is -0.494. The molecule has 0 aliphatic rings. The Hall–Kier alpha value is -2.43. The van der Waals surface area contributed by atoms with Crippen molar-refractivity contribution in [3.63, 3.8) is 0 Å². The standard InChI is InChI=1S/C19H19NO3/c1-20(2)11-13-3-5-14(6-4-13)18-10-16-8-7-15(17(22)12-21)9-19(16)23-18/h3-10,21H,11-12H2,1-2H3. The molecule has 0 radical (unpaired) electrons. The van der Waals surface area contributed by atoms with E-state index in [0.717, 1.165) is 23.3 Å². The quantitative estimate of drug-likeness (QED) is 0.735. The monoisotopic (exact) mass is 309 g/mol. The van der Waals surface area contributed by atoms with Crippen LogP contribution in [-0.2, 0) is 6.54 Å². The number of benzene rings is 2. The van der Waals surface area contributed by atoms with Gasteiger partial charge in [0.25, 0.3) is 0 Å². The number of hydrogen-bond donors (Lipinski definition) is 1. The molecule has 1 heterocycles. The molecule has 0 bridgehead atoms. The van der Waals surface area contributed by atoms with E-state index in [0.29, 0.717) is 11.1 Å². The third-order valence-electron chi connectivity index (χ3n) is 3.72. The van der Waals surface area contributed by atoms with E-state index in [1.807, 2.05) is 38.4 Å². The second-order valence-corrected chi connectivity index (χ2v) is 5.88. The molecule has 118 valence electrons. The number of aliphatic hydroxyl groups excluding tert-OH is 1. The van der Waals surface area contributed by atoms with Crippen molar-refractivity contribution < 1.29 is 14.3 Å². The van der Waals surface area contributed by atoms with Crippen LogP contribution >= 0.6 is 0 Å². The second kappa shape index (κ2) is 6.36. The number of rotatable bonds is 5. The molecule has 0 unspecified atom stereocenters. The molecule has 3 aromatic rings. The molecule has 4 nitrogen and oxygen atoms in total. The smallest absolute Gasteiger partial charge is 0.188 e. The predicted molar refractivity (Wildman–Crippen MR) is 90.5 cm³/mol. The summed E-state index contributed by atoms with van der Waals surface area (Å²) in [4.78, 5) is 13.7. The fraction of sp³-hybridized carbons (Fsp3) is 0.211. The Kier molecular flexibility index (Phi) is 4.28. The third kappa shape index (κ3) is 3.33. The zero-order valence-electron chi connectivity index (χ0n) is 13.2. The van der Waals surface area contributed by atoms with Crippen LogP contribution in [0.3, 0.4) is 0 Å². The largest absolute Gasteiger partial charge is 0.456 e. The van der Waals surface area contributed by atoms with Gasteiger partial charge in [0.2, 0.25) is 0 Å². The van der Waals surface area contributed by atoms with Crippen LogP contribution in [0, 0.1) is 0 Å². The summed E-state index contributed by atoms with van der Waals surface area (Å²) in [5.74, 6) is 0.461. The van der Waals surface area contributed by atoms with Gasteiger partial charge >= 0.3 is 0 Å². The summed E-state index contributed by atoms with van der Waals surface area (Å²) in [7, 11) is 4.08. The van der Waals surface area contributed by atoms with Gasteiger partial charge in [0, 0.05) is 23.1 Å². The minimum Gasteiger partial charge on any atom is -0.456 e. The SMILES string of the molecule is CN(C)Cc1ccc(-c2cc3ccc(C(=O)CO)cc3o2)cc1. The molecule has 0 amide bonds. The molecule has 0 aliphatic heterocycles. The van der Waals surface area contributed by atoms with Crippen molar-refractivity contribution in [2.24, 2.45) is 0 Å². The maximum Gasteiger partial charge on any atom is 0.188 e. The summed E-state index contributed by atoms with van der Waals surface area (Å²) in [6.45, 7) is 0.402. The van der Waals surface area contributed by atoms with Crippen LogP contribution in [0.15, 0.2) is 52.9 Å². The van der Waals surface area contributed by atoms with E-state index < -0.39 is 6.61 Å². The lowest BCUT2D eigenvalue weighted by molar-refractivity contribution is 0.0904. The first-order valence-electron chi connectivity index (χ1n) is 7.48. The first kappa shape index (κ1) is 15.5. The molecule has 4 heteroatoms. The van der Waals surface area contributed by atoms with Gasteiger partial charge in [-0.15, -0.1) is 0 Å². The molecular weight excluding hydrogens is 290 g/mol. The Morgan fingerprint density at radius 2 is 1.83 bits per heavy atom. The summed E-state index contributed by atoms with van der Waals surface area (Å²) >= 11 is 0. The van der Waals surface area contributed by atoms with Gasteiger partial charge in [-0.25, -0.2) is 0 Å². The summed E-state index contributed by atoms with van der Waals surface area (Å²) in [6.07, 6.45) is 0. The molecule has 0 fully saturated rings. The fourth-order valence-electron chi connectivity index (χ4n) is 2.58. The Bertz CT molecular complexity index is 831. The molecule has 0 saturated carbocycles. The normalized spacial score (nSPS) is 11.3. The molecule has 0 atom stereocenters. The molecule has 23 heavy (non-hydrogen) atoms. The van der Waals surface area contributed by atoms with Gasteiger partial charge in [0.05, 0.1) is 0 Å². The fourth-order valence-corrected chi connectivity index (χ4v) is 2.58. The molecule has 1 N–H and O–H groups in total. The first-order valence-corrected chi connectivity index (χ1v) is 7.48. The van der Waals surface area contributed by atoms with Gasteiger partial charge < -0.3 is 14.4 Å². The molecule has 0 saturated heterocycles. The average Bonchev–Trinajstić information content (AvgIpc) is 2.97. The maximum absolute atomic E-state index is 11.6. The first-order chi connectivity index (χ1) is 11.1. The number of hydrogen-bond acceptors (Lipinski definition) is 4. The number of nitrogens with zero attached hydrogens (tertiary/aromatic N) is 1. The van der Waals surface area contributed by atoms with E-state index in [-0.39, 0.29) is 5.78 Å². The van der Waals surface area contributed by atoms with Crippen molar-refractivity contribution in [2.75, 3.05) is 20.7 Å². The summed E-state index contributed by atoms with van der Waals surface area (Å²) in [6, 6.07) is 15.4. The third-order valence-corrected chi connectivity index (χ3v) is 3.72. The lowest BCUT2D eigenvalue weighted by atomic mass is 10.1. The van der Waals surface area contributed by atoms with Crippen molar-refractivity contribution in [3.8, 4) is 11.3 Å². The number of carbonyl (C=O) groups excluding carboxylic acids is 1. The van der Waals surface area contributed by atoms with E-state index >= 15 is 0 Å². The Balaban J connectivity index is 1.92. The lowest BCUT2D eigenvalue weighted by Gasteiger charge is -2.09. The minimum absolute atomic E-state index is 0.308. The molecular formula is C19H19NO3. The molecule has 2 aromatic carbocycles. The van der Waals surface area contributed by atoms with Gasteiger partial charge in [0.1, 0.15) is 18.0 Å². The highest BCUT2D eigenvalue weighted by Crippen LogP contribution is 2.28. The van der Waals surface area contributed by atoms with Crippen LogP contribution in [0.4, 0.5) is 0 Å².